The molecule has 0 unspecified atom stereocenters. The minimum absolute atomic E-state index is 0.0105. The molecule has 1 aliphatic heterocycles. The van der Waals surface area contributed by atoms with Crippen LogP contribution in [0.2, 0.25) is 19.6 Å². The van der Waals surface area contributed by atoms with Crippen LogP contribution in [0.15, 0.2) is 34.7 Å². The van der Waals surface area contributed by atoms with Gasteiger partial charge in [0.15, 0.2) is 5.69 Å². The fourth-order valence-electron chi connectivity index (χ4n) is 4.67. The molecular formula is C29H41N5O5Si. The predicted molar refractivity (Wildman–Crippen MR) is 159 cm³/mol. The molecule has 1 fully saturated rings. The molecule has 0 radical (unpaired) electrons. The van der Waals surface area contributed by atoms with Crippen molar-refractivity contribution in [2.75, 3.05) is 51.6 Å². The second-order valence-electron chi connectivity index (χ2n) is 11.4. The van der Waals surface area contributed by atoms with Crippen LogP contribution in [0.5, 0.6) is 23.5 Å². The van der Waals surface area contributed by atoms with Crippen LogP contribution in [0.25, 0.3) is 0 Å². The molecule has 3 heterocycles. The second-order valence-corrected chi connectivity index (χ2v) is 16.5. The number of piperidine rings is 1. The van der Waals surface area contributed by atoms with E-state index in [1.165, 1.54) is 19.4 Å². The number of anilines is 2. The summed E-state index contributed by atoms with van der Waals surface area (Å²) in [4.78, 5) is 26.5. The molecule has 0 spiro atoms. The fourth-order valence-corrected chi connectivity index (χ4v) is 5.82. The lowest BCUT2D eigenvalue weighted by molar-refractivity contribution is -0.115. The molecule has 11 heteroatoms. The maximum atomic E-state index is 13.0. The van der Waals surface area contributed by atoms with Gasteiger partial charge in [0.05, 0.1) is 28.7 Å². The van der Waals surface area contributed by atoms with E-state index in [0.717, 1.165) is 37.2 Å². The van der Waals surface area contributed by atoms with E-state index in [4.69, 9.17) is 18.6 Å². The monoisotopic (exact) mass is 567 g/mol. The summed E-state index contributed by atoms with van der Waals surface area (Å²) in [5.41, 5.74) is 1.30. The number of rotatable bonds is 10. The van der Waals surface area contributed by atoms with Crippen LogP contribution in [-0.2, 0) is 11.2 Å². The molecule has 0 bridgehead atoms. The van der Waals surface area contributed by atoms with Gasteiger partial charge in [-0.1, -0.05) is 37.0 Å². The number of aryl methyl sites for hydroxylation is 1. The first-order valence-corrected chi connectivity index (χ1v) is 17.1. The van der Waals surface area contributed by atoms with Crippen LogP contribution >= 0.6 is 0 Å². The van der Waals surface area contributed by atoms with Gasteiger partial charge in [-0.15, -0.1) is 0 Å². The van der Waals surface area contributed by atoms with Crippen molar-refractivity contribution >= 4 is 30.8 Å². The number of methoxy groups -OCH3 is 2. The second kappa shape index (κ2) is 12.3. The van der Waals surface area contributed by atoms with Crippen LogP contribution in [0.4, 0.5) is 11.6 Å². The van der Waals surface area contributed by atoms with Gasteiger partial charge < -0.3 is 33.7 Å². The van der Waals surface area contributed by atoms with Gasteiger partial charge in [-0.05, 0) is 51.6 Å². The van der Waals surface area contributed by atoms with E-state index in [-0.39, 0.29) is 29.8 Å². The van der Waals surface area contributed by atoms with Crippen LogP contribution < -0.4 is 29.6 Å². The fraction of sp³-hybridized carbons (Fsp3) is 0.483. The maximum absolute atomic E-state index is 13.0. The average molecular weight is 568 g/mol. The molecule has 40 heavy (non-hydrogen) atoms. The number of nitrogens with zero attached hydrogens (tertiary/aromatic N) is 4. The highest BCUT2D eigenvalue weighted by Crippen LogP contribution is 2.34. The number of amides is 1. The predicted octanol–water partition coefficient (Wildman–Crippen LogP) is 4.44. The number of hydrogen-bond donors (Lipinski definition) is 1. The highest BCUT2D eigenvalue weighted by atomic mass is 28.3. The number of furan rings is 1. The summed E-state index contributed by atoms with van der Waals surface area (Å²) < 4.78 is 22.9. The summed E-state index contributed by atoms with van der Waals surface area (Å²) in [5.74, 6) is 2.23. The molecule has 10 nitrogen and oxygen atoms in total. The lowest BCUT2D eigenvalue weighted by Gasteiger charge is -2.35. The third kappa shape index (κ3) is 6.94. The van der Waals surface area contributed by atoms with Crippen molar-refractivity contribution in [2.24, 2.45) is 0 Å². The van der Waals surface area contributed by atoms with Crippen LogP contribution in [0.1, 0.15) is 24.2 Å². The third-order valence-corrected chi connectivity index (χ3v) is 9.24. The Balaban J connectivity index is 1.44. The summed E-state index contributed by atoms with van der Waals surface area (Å²) in [6.45, 7) is 10.5. The zero-order valence-corrected chi connectivity index (χ0v) is 25.8. The molecule has 1 aromatic carbocycles. The largest absolute Gasteiger partial charge is 0.479 e. The Morgan fingerprint density at radius 1 is 1.07 bits per heavy atom. The van der Waals surface area contributed by atoms with E-state index in [9.17, 15) is 4.79 Å². The lowest BCUT2D eigenvalue weighted by atomic mass is 10.0. The average Bonchev–Trinajstić information content (AvgIpc) is 3.35. The highest BCUT2D eigenvalue weighted by Gasteiger charge is 2.26. The van der Waals surface area contributed by atoms with Crippen molar-refractivity contribution in [3.05, 3.63) is 41.7 Å². The number of benzene rings is 1. The Kier molecular flexibility index (Phi) is 9.04. The van der Waals surface area contributed by atoms with Gasteiger partial charge in [-0.3, -0.25) is 4.79 Å². The summed E-state index contributed by atoms with van der Waals surface area (Å²) in [6, 6.07) is 10.3. The highest BCUT2D eigenvalue weighted by molar-refractivity contribution is 6.88. The molecule has 1 aliphatic rings. The first kappa shape index (κ1) is 29.4. The van der Waals surface area contributed by atoms with Gasteiger partial charge in [0, 0.05) is 25.2 Å². The van der Waals surface area contributed by atoms with E-state index in [0.29, 0.717) is 23.7 Å². The van der Waals surface area contributed by atoms with Gasteiger partial charge in [-0.25, -0.2) is 0 Å². The number of ether oxygens (including phenoxy) is 3. The molecule has 3 aromatic rings. The van der Waals surface area contributed by atoms with Crippen molar-refractivity contribution in [3.8, 4) is 23.5 Å². The number of carbonyl (C=O) groups excluding carboxylic acids is 1. The van der Waals surface area contributed by atoms with Gasteiger partial charge in [0.25, 0.3) is 5.95 Å². The van der Waals surface area contributed by atoms with Crippen molar-refractivity contribution in [1.29, 1.82) is 0 Å². The number of carbonyl (C=O) groups is 1. The molecule has 2 aromatic heterocycles. The quantitative estimate of drug-likeness (QED) is 0.356. The normalized spacial score (nSPS) is 14.4. The lowest BCUT2D eigenvalue weighted by Crippen LogP contribution is -2.42. The Labute approximate surface area is 237 Å². The molecule has 0 atom stereocenters. The molecule has 4 rings (SSSR count). The summed E-state index contributed by atoms with van der Waals surface area (Å²) in [7, 11) is 5.73. The first-order chi connectivity index (χ1) is 19.0. The summed E-state index contributed by atoms with van der Waals surface area (Å²) >= 11 is 0. The van der Waals surface area contributed by atoms with E-state index in [1.807, 2.05) is 6.92 Å². The molecular weight excluding hydrogens is 526 g/mol. The van der Waals surface area contributed by atoms with Crippen LogP contribution in [-0.4, -0.2) is 76.3 Å². The maximum Gasteiger partial charge on any atom is 0.290 e. The van der Waals surface area contributed by atoms with Crippen molar-refractivity contribution in [3.63, 3.8) is 0 Å². The van der Waals surface area contributed by atoms with Gasteiger partial charge >= 0.3 is 0 Å². The minimum atomic E-state index is -1.49. The van der Waals surface area contributed by atoms with Crippen molar-refractivity contribution in [1.82, 2.24) is 14.9 Å². The number of aromatic nitrogens is 2. The van der Waals surface area contributed by atoms with E-state index in [2.05, 4.69) is 77.0 Å². The summed E-state index contributed by atoms with van der Waals surface area (Å²) in [6.07, 6.45) is 2.01. The Morgan fingerprint density at radius 3 is 2.30 bits per heavy atom. The van der Waals surface area contributed by atoms with Crippen molar-refractivity contribution in [2.45, 2.75) is 51.9 Å². The van der Waals surface area contributed by atoms with E-state index < -0.39 is 8.07 Å². The Bertz CT molecular complexity index is 1300. The summed E-state index contributed by atoms with van der Waals surface area (Å²) in [5, 5.41) is 4.14. The third-order valence-electron chi connectivity index (χ3n) is 7.20. The molecule has 0 aliphatic carbocycles. The standard InChI is InChI=1S/C29H41N5O5Si/c1-19-9-11-22(40(6,7)8)18-23(19)39-25-12-10-21(38-25)17-24(35)30-26-27(36-4)31-29(32-28(26)37-5)34-15-13-20(14-16-34)33(2)3/h9-12,18,20H,13-17H2,1-8H3,(H,30,35). The van der Waals surface area contributed by atoms with Crippen LogP contribution in [0.3, 0.4) is 0 Å². The van der Waals surface area contributed by atoms with Crippen LogP contribution in [0, 0.1) is 6.92 Å². The number of nitrogens with one attached hydrogen (secondary N) is 1. The topological polar surface area (TPSA) is 102 Å². The molecule has 1 saturated heterocycles. The molecule has 0 saturated carbocycles. The molecule has 1 amide bonds. The van der Waals surface area contributed by atoms with Gasteiger partial charge in [0.2, 0.25) is 23.6 Å². The SMILES string of the molecule is COc1nc(N2CCC(N(C)C)CC2)nc(OC)c1NC(=O)Cc1ccc(Oc2cc([Si](C)(C)C)ccc2C)o1. The zero-order valence-electron chi connectivity index (χ0n) is 24.8. The first-order valence-electron chi connectivity index (χ1n) is 13.6. The van der Waals surface area contributed by atoms with E-state index >= 15 is 0 Å². The minimum Gasteiger partial charge on any atom is -0.479 e. The Hall–Kier alpha value is -3.57. The Morgan fingerprint density at radius 2 is 1.73 bits per heavy atom. The van der Waals surface area contributed by atoms with Gasteiger partial charge in [-0.2, -0.15) is 9.97 Å². The zero-order chi connectivity index (χ0) is 29.0. The number of hydrogen-bond acceptors (Lipinski definition) is 9. The van der Waals surface area contributed by atoms with E-state index in [1.54, 1.807) is 12.1 Å². The van der Waals surface area contributed by atoms with Gasteiger partial charge in [0.1, 0.15) is 11.5 Å². The van der Waals surface area contributed by atoms with Crippen molar-refractivity contribution < 1.29 is 23.4 Å². The smallest absolute Gasteiger partial charge is 0.290 e. The molecule has 1 N–H and O–H groups in total. The molecule has 216 valence electrons.